The molecule has 27 heavy (non-hydrogen) atoms. The molecule has 4 rings (SSSR count). The number of aromatic amines is 1. The highest BCUT2D eigenvalue weighted by Crippen LogP contribution is 2.19. The average molecular weight is 363 g/mol. The van der Waals surface area contributed by atoms with E-state index in [2.05, 4.69) is 10.1 Å². The first-order valence-electron chi connectivity index (χ1n) is 9.06. The van der Waals surface area contributed by atoms with Gasteiger partial charge in [0.25, 0.3) is 5.56 Å². The summed E-state index contributed by atoms with van der Waals surface area (Å²) in [5.74, 6) is -0.589. The fourth-order valence-electron chi connectivity index (χ4n) is 3.52. The number of esters is 1. The third kappa shape index (κ3) is 3.43. The minimum Gasteiger partial charge on any atom is -0.457 e. The SMILES string of the molecule is Cc1cc(C)n(-c2ccc(COC(=O)c3cc4c([nH]c3=O)CCC4)cc2)n1. The van der Waals surface area contributed by atoms with Crippen LogP contribution in [0.3, 0.4) is 0 Å². The lowest BCUT2D eigenvalue weighted by Gasteiger charge is -2.08. The van der Waals surface area contributed by atoms with E-state index in [0.717, 1.165) is 53.2 Å². The molecule has 0 radical (unpaired) electrons. The Balaban J connectivity index is 1.45. The number of hydrogen-bond donors (Lipinski definition) is 1. The number of nitrogens with zero attached hydrogens (tertiary/aromatic N) is 2. The molecular formula is C21H21N3O3. The van der Waals surface area contributed by atoms with Crippen molar-refractivity contribution in [1.82, 2.24) is 14.8 Å². The molecule has 2 aromatic heterocycles. The van der Waals surface area contributed by atoms with Crippen LogP contribution in [0.25, 0.3) is 5.69 Å². The van der Waals surface area contributed by atoms with Crippen molar-refractivity contribution in [3.05, 3.63) is 80.5 Å². The van der Waals surface area contributed by atoms with Gasteiger partial charge < -0.3 is 9.72 Å². The molecule has 1 aliphatic rings. The molecule has 0 unspecified atom stereocenters. The second-order valence-corrected chi connectivity index (χ2v) is 6.95. The third-order valence-corrected chi connectivity index (χ3v) is 4.87. The van der Waals surface area contributed by atoms with Gasteiger partial charge in [-0.2, -0.15) is 5.10 Å². The lowest BCUT2D eigenvalue weighted by Crippen LogP contribution is -2.21. The maximum absolute atomic E-state index is 12.3. The van der Waals surface area contributed by atoms with Crippen LogP contribution in [0.2, 0.25) is 0 Å². The molecule has 0 fully saturated rings. The summed E-state index contributed by atoms with van der Waals surface area (Å²) in [7, 11) is 0. The second-order valence-electron chi connectivity index (χ2n) is 6.95. The van der Waals surface area contributed by atoms with Gasteiger partial charge in [0.15, 0.2) is 0 Å². The van der Waals surface area contributed by atoms with Crippen LogP contribution in [0.4, 0.5) is 0 Å². The van der Waals surface area contributed by atoms with Crippen molar-refractivity contribution in [2.45, 2.75) is 39.7 Å². The van der Waals surface area contributed by atoms with Crippen molar-refractivity contribution in [3.8, 4) is 5.69 Å². The molecule has 1 aromatic carbocycles. The van der Waals surface area contributed by atoms with E-state index in [9.17, 15) is 9.59 Å². The molecule has 0 amide bonds. The molecule has 1 aliphatic carbocycles. The van der Waals surface area contributed by atoms with Gasteiger partial charge in [-0.25, -0.2) is 9.48 Å². The van der Waals surface area contributed by atoms with Gasteiger partial charge in [0.2, 0.25) is 0 Å². The predicted molar refractivity (Wildman–Crippen MR) is 101 cm³/mol. The highest BCUT2D eigenvalue weighted by Gasteiger charge is 2.19. The van der Waals surface area contributed by atoms with Crippen molar-refractivity contribution >= 4 is 5.97 Å². The van der Waals surface area contributed by atoms with Crippen molar-refractivity contribution in [3.63, 3.8) is 0 Å². The highest BCUT2D eigenvalue weighted by atomic mass is 16.5. The highest BCUT2D eigenvalue weighted by molar-refractivity contribution is 5.89. The van der Waals surface area contributed by atoms with E-state index in [1.54, 1.807) is 6.07 Å². The molecule has 3 aromatic rings. The summed E-state index contributed by atoms with van der Waals surface area (Å²) in [6.07, 6.45) is 2.76. The molecule has 6 nitrogen and oxygen atoms in total. The lowest BCUT2D eigenvalue weighted by molar-refractivity contribution is 0.0470. The Morgan fingerprint density at radius 2 is 1.96 bits per heavy atom. The second kappa shape index (κ2) is 6.87. The largest absolute Gasteiger partial charge is 0.457 e. The first-order valence-corrected chi connectivity index (χ1v) is 9.06. The van der Waals surface area contributed by atoms with Crippen LogP contribution in [0.15, 0.2) is 41.2 Å². The van der Waals surface area contributed by atoms with Gasteiger partial charge in [-0.15, -0.1) is 0 Å². The molecular weight excluding hydrogens is 342 g/mol. The zero-order valence-electron chi connectivity index (χ0n) is 15.4. The smallest absolute Gasteiger partial charge is 0.344 e. The van der Waals surface area contributed by atoms with E-state index < -0.39 is 5.97 Å². The number of carbonyl (C=O) groups excluding carboxylic acids is 1. The third-order valence-electron chi connectivity index (χ3n) is 4.87. The van der Waals surface area contributed by atoms with Gasteiger partial charge in [0.1, 0.15) is 12.2 Å². The summed E-state index contributed by atoms with van der Waals surface area (Å²) in [5.41, 5.74) is 5.51. The van der Waals surface area contributed by atoms with Gasteiger partial charge >= 0.3 is 5.97 Å². The fraction of sp³-hybridized carbons (Fsp3) is 0.286. The van der Waals surface area contributed by atoms with Crippen LogP contribution in [0.1, 0.15) is 45.0 Å². The van der Waals surface area contributed by atoms with Gasteiger partial charge in [0, 0.05) is 11.4 Å². The number of rotatable bonds is 4. The number of fused-ring (bicyclic) bond motifs is 1. The minimum atomic E-state index is -0.589. The number of carbonyl (C=O) groups is 1. The molecule has 138 valence electrons. The van der Waals surface area contributed by atoms with Crippen LogP contribution in [0, 0.1) is 13.8 Å². The predicted octanol–water partition coefficient (Wildman–Crippen LogP) is 3.02. The number of H-pyrrole nitrogens is 1. The van der Waals surface area contributed by atoms with Gasteiger partial charge in [-0.1, -0.05) is 12.1 Å². The van der Waals surface area contributed by atoms with Crippen molar-refractivity contribution in [2.24, 2.45) is 0 Å². The Hall–Kier alpha value is -3.15. The van der Waals surface area contributed by atoms with Crippen LogP contribution in [-0.2, 0) is 24.2 Å². The number of nitrogens with one attached hydrogen (secondary N) is 1. The lowest BCUT2D eigenvalue weighted by atomic mass is 10.1. The zero-order valence-corrected chi connectivity index (χ0v) is 15.4. The van der Waals surface area contributed by atoms with Crippen molar-refractivity contribution in [2.75, 3.05) is 0 Å². The van der Waals surface area contributed by atoms with Gasteiger partial charge in [-0.05, 0) is 68.5 Å². The van der Waals surface area contributed by atoms with E-state index in [0.29, 0.717) is 0 Å². The molecule has 0 saturated heterocycles. The van der Waals surface area contributed by atoms with E-state index >= 15 is 0 Å². The summed E-state index contributed by atoms with van der Waals surface area (Å²) < 4.78 is 7.22. The van der Waals surface area contributed by atoms with E-state index in [1.165, 1.54) is 0 Å². The number of ether oxygens (including phenoxy) is 1. The zero-order chi connectivity index (χ0) is 19.0. The maximum atomic E-state index is 12.3. The van der Waals surface area contributed by atoms with Crippen LogP contribution in [0.5, 0.6) is 0 Å². The maximum Gasteiger partial charge on any atom is 0.344 e. The van der Waals surface area contributed by atoms with Gasteiger partial charge in [-0.3, -0.25) is 4.79 Å². The quantitative estimate of drug-likeness (QED) is 0.723. The Labute approximate surface area is 156 Å². The number of pyridine rings is 1. The van der Waals surface area contributed by atoms with E-state index in [4.69, 9.17) is 4.74 Å². The average Bonchev–Trinajstić information content (AvgIpc) is 3.24. The number of benzene rings is 1. The monoisotopic (exact) mass is 363 g/mol. The van der Waals surface area contributed by atoms with Crippen molar-refractivity contribution in [1.29, 1.82) is 0 Å². The molecule has 2 heterocycles. The molecule has 0 spiro atoms. The molecule has 0 atom stereocenters. The molecule has 0 aliphatic heterocycles. The standard InChI is InChI=1S/C21H21N3O3/c1-13-10-14(2)24(23-13)17-8-6-15(7-9-17)12-27-21(26)18-11-16-4-3-5-19(16)22-20(18)25/h6-11H,3-5,12H2,1-2H3,(H,22,25). The topological polar surface area (TPSA) is 77.0 Å². The van der Waals surface area contributed by atoms with Crippen LogP contribution >= 0.6 is 0 Å². The molecule has 0 saturated carbocycles. The minimum absolute atomic E-state index is 0.0786. The Morgan fingerprint density at radius 1 is 1.19 bits per heavy atom. The summed E-state index contributed by atoms with van der Waals surface area (Å²) in [6, 6.07) is 11.4. The summed E-state index contributed by atoms with van der Waals surface area (Å²) >= 11 is 0. The van der Waals surface area contributed by atoms with Gasteiger partial charge in [0.05, 0.1) is 11.4 Å². The van der Waals surface area contributed by atoms with E-state index in [1.807, 2.05) is 48.9 Å². The molecule has 1 N–H and O–H groups in total. The van der Waals surface area contributed by atoms with E-state index in [-0.39, 0.29) is 17.7 Å². The summed E-state index contributed by atoms with van der Waals surface area (Å²) in [4.78, 5) is 27.2. The molecule has 6 heteroatoms. The number of aromatic nitrogens is 3. The Morgan fingerprint density at radius 3 is 2.67 bits per heavy atom. The fourth-order valence-corrected chi connectivity index (χ4v) is 3.52. The summed E-state index contributed by atoms with van der Waals surface area (Å²) in [5, 5.41) is 4.46. The summed E-state index contributed by atoms with van der Waals surface area (Å²) in [6.45, 7) is 4.08. The Kier molecular flexibility index (Phi) is 4.39. The molecule has 0 bridgehead atoms. The number of aryl methyl sites for hydroxylation is 4. The Bertz CT molecular complexity index is 1060. The first-order chi connectivity index (χ1) is 13.0. The van der Waals surface area contributed by atoms with Crippen LogP contribution < -0.4 is 5.56 Å². The van der Waals surface area contributed by atoms with Crippen molar-refractivity contribution < 1.29 is 9.53 Å². The first kappa shape index (κ1) is 17.3. The van der Waals surface area contributed by atoms with Crippen LogP contribution in [-0.4, -0.2) is 20.7 Å². The number of hydrogen-bond acceptors (Lipinski definition) is 4. The normalized spacial score (nSPS) is 12.8.